The second-order valence-corrected chi connectivity index (χ2v) is 3.96. The molecule has 19 heavy (non-hydrogen) atoms. The Morgan fingerprint density at radius 1 is 1.32 bits per heavy atom. The summed E-state index contributed by atoms with van der Waals surface area (Å²) in [5, 5.41) is 17.0. The summed E-state index contributed by atoms with van der Waals surface area (Å²) in [4.78, 5) is 14.9. The molecule has 7 heteroatoms. The highest BCUT2D eigenvalue weighted by molar-refractivity contribution is 5.64. The molecule has 3 heterocycles. The van der Waals surface area contributed by atoms with Gasteiger partial charge >= 0.3 is 5.97 Å². The third-order valence-electron chi connectivity index (χ3n) is 2.59. The number of aromatic nitrogens is 5. The minimum Gasteiger partial charge on any atom is -0.477 e. The van der Waals surface area contributed by atoms with Gasteiger partial charge in [-0.15, -0.1) is 9.73 Å². The molecule has 0 bridgehead atoms. The van der Waals surface area contributed by atoms with Crippen molar-refractivity contribution in [1.29, 1.82) is 0 Å². The molecule has 3 aromatic heterocycles. The minimum atomic E-state index is -0.882. The molecule has 0 aromatic carbocycles. The summed E-state index contributed by atoms with van der Waals surface area (Å²) in [6.45, 7) is -0.0690. The van der Waals surface area contributed by atoms with E-state index in [9.17, 15) is 4.79 Å². The van der Waals surface area contributed by atoms with Crippen molar-refractivity contribution in [1.82, 2.24) is 19.8 Å². The van der Waals surface area contributed by atoms with Gasteiger partial charge in [-0.05, 0) is 12.1 Å². The van der Waals surface area contributed by atoms with Gasteiger partial charge in [0, 0.05) is 23.9 Å². The SMILES string of the molecule is O=C(O)C[n+]1ccc(-c2nc3cccnn3n2)cc1. The van der Waals surface area contributed by atoms with Crippen LogP contribution in [0.15, 0.2) is 42.9 Å². The van der Waals surface area contributed by atoms with Gasteiger partial charge in [0.15, 0.2) is 23.9 Å². The molecule has 0 fully saturated rings. The van der Waals surface area contributed by atoms with Gasteiger partial charge in [0.05, 0.1) is 0 Å². The van der Waals surface area contributed by atoms with Crippen LogP contribution in [0.5, 0.6) is 0 Å². The van der Waals surface area contributed by atoms with E-state index in [-0.39, 0.29) is 6.54 Å². The van der Waals surface area contributed by atoms with Crippen molar-refractivity contribution in [3.8, 4) is 11.4 Å². The van der Waals surface area contributed by atoms with Crippen molar-refractivity contribution in [2.45, 2.75) is 6.54 Å². The maximum atomic E-state index is 10.6. The highest BCUT2D eigenvalue weighted by Crippen LogP contribution is 2.13. The highest BCUT2D eigenvalue weighted by atomic mass is 16.4. The lowest BCUT2D eigenvalue weighted by Gasteiger charge is -1.94. The number of hydrogen-bond acceptors (Lipinski definition) is 4. The van der Waals surface area contributed by atoms with Crippen LogP contribution in [0.2, 0.25) is 0 Å². The normalized spacial score (nSPS) is 10.7. The summed E-state index contributed by atoms with van der Waals surface area (Å²) in [5.41, 5.74) is 1.48. The molecule has 0 aliphatic heterocycles. The lowest BCUT2D eigenvalue weighted by atomic mass is 10.2. The van der Waals surface area contributed by atoms with Crippen molar-refractivity contribution in [2.24, 2.45) is 0 Å². The Hall–Kier alpha value is -2.83. The Labute approximate surface area is 107 Å². The van der Waals surface area contributed by atoms with E-state index in [4.69, 9.17) is 5.11 Å². The van der Waals surface area contributed by atoms with Crippen molar-refractivity contribution >= 4 is 11.6 Å². The van der Waals surface area contributed by atoms with E-state index in [0.29, 0.717) is 11.5 Å². The predicted octanol–water partition coefficient (Wildman–Crippen LogP) is 0.163. The first-order chi connectivity index (χ1) is 9.22. The molecule has 0 saturated heterocycles. The number of carbonyl (C=O) groups is 1. The van der Waals surface area contributed by atoms with Gasteiger partial charge in [-0.25, -0.2) is 9.78 Å². The molecule has 7 nitrogen and oxygen atoms in total. The van der Waals surface area contributed by atoms with E-state index in [1.807, 2.05) is 6.07 Å². The van der Waals surface area contributed by atoms with Gasteiger partial charge in [-0.1, -0.05) is 0 Å². The Kier molecular flexibility index (Phi) is 2.64. The first-order valence-electron chi connectivity index (χ1n) is 5.62. The molecule has 3 rings (SSSR count). The zero-order valence-corrected chi connectivity index (χ0v) is 9.84. The van der Waals surface area contributed by atoms with E-state index in [0.717, 1.165) is 5.56 Å². The molecule has 0 saturated carbocycles. The second-order valence-electron chi connectivity index (χ2n) is 3.96. The number of aliphatic carboxylic acids is 1. The zero-order valence-electron chi connectivity index (χ0n) is 9.84. The molecular weight excluding hydrogens is 246 g/mol. The van der Waals surface area contributed by atoms with Crippen LogP contribution < -0.4 is 4.57 Å². The number of fused-ring (bicyclic) bond motifs is 1. The van der Waals surface area contributed by atoms with E-state index in [1.165, 1.54) is 4.63 Å². The van der Waals surface area contributed by atoms with Crippen LogP contribution in [0.3, 0.4) is 0 Å². The standard InChI is InChI=1S/C12H9N5O2/c18-11(19)8-16-6-3-9(4-7-16)12-14-10-2-1-5-13-17(10)15-12/h1-7H,8H2/p+1. The molecule has 0 amide bonds. The van der Waals surface area contributed by atoms with Crippen LogP contribution in [0.1, 0.15) is 0 Å². The average molecular weight is 256 g/mol. The minimum absolute atomic E-state index is 0.0690. The summed E-state index contributed by atoms with van der Waals surface area (Å²) in [6.07, 6.45) is 5.00. The summed E-state index contributed by atoms with van der Waals surface area (Å²) < 4.78 is 3.02. The molecule has 0 radical (unpaired) electrons. The average Bonchev–Trinajstić information content (AvgIpc) is 2.82. The molecule has 0 atom stereocenters. The number of nitrogens with zero attached hydrogens (tertiary/aromatic N) is 5. The molecule has 0 aliphatic carbocycles. The van der Waals surface area contributed by atoms with Crippen molar-refractivity contribution in [2.75, 3.05) is 0 Å². The molecule has 0 unspecified atom stereocenters. The molecule has 1 N–H and O–H groups in total. The fraction of sp³-hybridized carbons (Fsp3) is 0.0833. The molecular formula is C12H10N5O2+. The van der Waals surface area contributed by atoms with Gasteiger partial charge in [0.25, 0.3) is 0 Å². The van der Waals surface area contributed by atoms with Crippen molar-refractivity contribution in [3.63, 3.8) is 0 Å². The van der Waals surface area contributed by atoms with E-state index in [2.05, 4.69) is 15.2 Å². The fourth-order valence-electron chi connectivity index (χ4n) is 1.73. The lowest BCUT2D eigenvalue weighted by molar-refractivity contribution is -0.685. The number of pyridine rings is 1. The van der Waals surface area contributed by atoms with Gasteiger partial charge in [0.1, 0.15) is 0 Å². The topological polar surface area (TPSA) is 84.3 Å². The maximum Gasteiger partial charge on any atom is 0.370 e. The smallest absolute Gasteiger partial charge is 0.370 e. The number of hydrogen-bond donors (Lipinski definition) is 1. The first-order valence-corrected chi connectivity index (χ1v) is 5.62. The Balaban J connectivity index is 1.95. The van der Waals surface area contributed by atoms with Crippen molar-refractivity contribution in [3.05, 3.63) is 42.9 Å². The van der Waals surface area contributed by atoms with Crippen LogP contribution in [0.25, 0.3) is 17.0 Å². The van der Waals surface area contributed by atoms with Crippen LogP contribution >= 0.6 is 0 Å². The summed E-state index contributed by atoms with van der Waals surface area (Å²) in [7, 11) is 0. The van der Waals surface area contributed by atoms with Crippen LogP contribution in [-0.4, -0.2) is 30.9 Å². The first kappa shape index (κ1) is 11.3. The number of rotatable bonds is 3. The Bertz CT molecular complexity index is 702. The Morgan fingerprint density at radius 2 is 2.11 bits per heavy atom. The lowest BCUT2D eigenvalue weighted by Crippen LogP contribution is -2.36. The second kappa shape index (κ2) is 4.45. The predicted molar refractivity (Wildman–Crippen MR) is 64.0 cm³/mol. The largest absolute Gasteiger partial charge is 0.477 e. The summed E-state index contributed by atoms with van der Waals surface area (Å²) in [5.74, 6) is -0.325. The number of carboxylic acids is 1. The quantitative estimate of drug-likeness (QED) is 0.675. The number of carboxylic acid groups (broad SMARTS) is 1. The van der Waals surface area contributed by atoms with Crippen molar-refractivity contribution < 1.29 is 14.5 Å². The maximum absolute atomic E-state index is 10.6. The zero-order chi connectivity index (χ0) is 13.2. The van der Waals surface area contributed by atoms with E-state index < -0.39 is 5.97 Å². The fourth-order valence-corrected chi connectivity index (χ4v) is 1.73. The van der Waals surface area contributed by atoms with E-state index in [1.54, 1.807) is 41.4 Å². The third-order valence-corrected chi connectivity index (χ3v) is 2.59. The van der Waals surface area contributed by atoms with Crippen LogP contribution in [-0.2, 0) is 11.3 Å². The Morgan fingerprint density at radius 3 is 2.79 bits per heavy atom. The highest BCUT2D eigenvalue weighted by Gasteiger charge is 2.10. The van der Waals surface area contributed by atoms with Crippen LogP contribution in [0.4, 0.5) is 0 Å². The molecule has 0 spiro atoms. The van der Waals surface area contributed by atoms with Gasteiger partial charge in [-0.2, -0.15) is 9.67 Å². The van der Waals surface area contributed by atoms with Gasteiger partial charge < -0.3 is 5.11 Å². The molecule has 3 aromatic rings. The third kappa shape index (κ3) is 2.25. The summed E-state index contributed by atoms with van der Waals surface area (Å²) >= 11 is 0. The van der Waals surface area contributed by atoms with E-state index >= 15 is 0 Å². The van der Waals surface area contributed by atoms with Crippen LogP contribution in [0, 0.1) is 0 Å². The monoisotopic (exact) mass is 256 g/mol. The van der Waals surface area contributed by atoms with Gasteiger partial charge in [0.2, 0.25) is 6.54 Å². The van der Waals surface area contributed by atoms with Gasteiger partial charge in [-0.3, -0.25) is 0 Å². The molecule has 94 valence electrons. The molecule has 0 aliphatic rings. The summed E-state index contributed by atoms with van der Waals surface area (Å²) in [6, 6.07) is 7.16.